The Bertz CT molecular complexity index is 868. The zero-order valence-electron chi connectivity index (χ0n) is 22.8. The molecule has 1 saturated carbocycles. The lowest BCUT2D eigenvalue weighted by Crippen LogP contribution is -2.68. The average Bonchev–Trinajstić information content (AvgIpc) is 3.27. The Labute approximate surface area is 241 Å². The smallest absolute Gasteiger partial charge is 0.187 e. The van der Waals surface area contributed by atoms with E-state index in [9.17, 15) is 35.7 Å². The minimum absolute atomic E-state index is 0.0889. The molecule has 4 aliphatic rings. The van der Waals surface area contributed by atoms with Gasteiger partial charge in [0.15, 0.2) is 18.9 Å². The van der Waals surface area contributed by atoms with Crippen LogP contribution in [0.1, 0.15) is 6.42 Å². The Morgan fingerprint density at radius 2 is 0.976 bits per heavy atom. The third kappa shape index (κ3) is 6.60. The summed E-state index contributed by atoms with van der Waals surface area (Å²) < 4.78 is 34.6. The molecule has 0 aromatic carbocycles. The first-order valence-corrected chi connectivity index (χ1v) is 13.9. The fourth-order valence-corrected chi connectivity index (χ4v) is 5.74. The molecule has 0 aromatic heterocycles. The van der Waals surface area contributed by atoms with Gasteiger partial charge in [-0.05, 0) is 6.42 Å². The van der Waals surface area contributed by atoms with Gasteiger partial charge in [0.25, 0.3) is 0 Å². The van der Waals surface area contributed by atoms with Crippen molar-refractivity contribution in [1.82, 2.24) is 0 Å². The van der Waals surface area contributed by atoms with Gasteiger partial charge in [-0.2, -0.15) is 0 Å². The molecular formula is C23H46N6O13. The van der Waals surface area contributed by atoms with Crippen LogP contribution in [0.2, 0.25) is 0 Å². The Morgan fingerprint density at radius 3 is 1.45 bits per heavy atom. The monoisotopic (exact) mass is 614 g/mol. The molecule has 2 unspecified atom stereocenters. The summed E-state index contributed by atoms with van der Waals surface area (Å²) in [6.07, 6.45) is -19.8. The maximum absolute atomic E-state index is 11.1. The van der Waals surface area contributed by atoms with Gasteiger partial charge in [0.2, 0.25) is 0 Å². The molecule has 3 aliphatic heterocycles. The van der Waals surface area contributed by atoms with E-state index in [0.29, 0.717) is 0 Å². The summed E-state index contributed by atoms with van der Waals surface area (Å²) >= 11 is 0. The highest BCUT2D eigenvalue weighted by atomic mass is 16.8. The van der Waals surface area contributed by atoms with Crippen LogP contribution in [0.15, 0.2) is 0 Å². The van der Waals surface area contributed by atoms with Gasteiger partial charge < -0.3 is 98.6 Å². The van der Waals surface area contributed by atoms with Crippen LogP contribution in [0, 0.1) is 0 Å². The van der Waals surface area contributed by atoms with Crippen molar-refractivity contribution in [2.45, 2.75) is 123 Å². The summed E-state index contributed by atoms with van der Waals surface area (Å²) in [5.74, 6) is 0. The van der Waals surface area contributed by atoms with Crippen LogP contribution >= 0.6 is 0 Å². The quantitative estimate of drug-likeness (QED) is 0.115. The minimum Gasteiger partial charge on any atom is -0.394 e. The third-order valence-corrected chi connectivity index (χ3v) is 8.37. The van der Waals surface area contributed by atoms with E-state index in [1.165, 1.54) is 0 Å². The molecule has 246 valence electrons. The van der Waals surface area contributed by atoms with Crippen molar-refractivity contribution in [3.63, 3.8) is 0 Å². The van der Waals surface area contributed by atoms with Crippen LogP contribution in [-0.4, -0.2) is 172 Å². The normalized spacial score (nSPS) is 53.8. The van der Waals surface area contributed by atoms with Gasteiger partial charge >= 0.3 is 0 Å². The van der Waals surface area contributed by atoms with Crippen molar-refractivity contribution in [2.24, 2.45) is 34.4 Å². The Balaban J connectivity index is 1.50. The van der Waals surface area contributed by atoms with Crippen molar-refractivity contribution in [1.29, 1.82) is 0 Å². The number of aliphatic hydroxyl groups is 7. The zero-order chi connectivity index (χ0) is 31.0. The number of nitrogens with two attached hydrogens (primary N) is 6. The van der Waals surface area contributed by atoms with Crippen LogP contribution in [-0.2, 0) is 28.4 Å². The first-order chi connectivity index (χ1) is 19.8. The third-order valence-electron chi connectivity index (χ3n) is 8.37. The Morgan fingerprint density at radius 1 is 0.524 bits per heavy atom. The van der Waals surface area contributed by atoms with Gasteiger partial charge in [-0.15, -0.1) is 0 Å². The second-order valence-electron chi connectivity index (χ2n) is 11.2. The van der Waals surface area contributed by atoms with Gasteiger partial charge in [-0.3, -0.25) is 0 Å². The molecule has 19 atom stereocenters. The second kappa shape index (κ2) is 14.1. The Hall–Kier alpha value is -0.760. The molecule has 0 amide bonds. The molecule has 42 heavy (non-hydrogen) atoms. The van der Waals surface area contributed by atoms with Crippen LogP contribution in [0.25, 0.3) is 0 Å². The fourth-order valence-electron chi connectivity index (χ4n) is 5.74. The number of aliphatic hydroxyl groups excluding tert-OH is 7. The van der Waals surface area contributed by atoms with E-state index in [1.54, 1.807) is 0 Å². The Kier molecular flexibility index (Phi) is 11.5. The molecule has 3 saturated heterocycles. The van der Waals surface area contributed by atoms with E-state index in [1.807, 2.05) is 0 Å². The molecule has 4 fully saturated rings. The van der Waals surface area contributed by atoms with E-state index in [0.717, 1.165) is 0 Å². The zero-order valence-corrected chi connectivity index (χ0v) is 22.8. The molecule has 0 bridgehead atoms. The van der Waals surface area contributed by atoms with Gasteiger partial charge in [-0.25, -0.2) is 0 Å². The number of ether oxygens (including phenoxy) is 6. The molecule has 4 rings (SSSR count). The topological polar surface area (TPSA) is 353 Å². The predicted molar refractivity (Wildman–Crippen MR) is 138 cm³/mol. The SMILES string of the molecule is NCC1OC(O[C@H]2[C@@H](O)[C@H](O[C@@H]3[C@@H](O)[C@H](N)C[C@H](N)[C@H]3O[C@H]3O[C@H](CN)[C@@H](O)[C@H](O)[C@H]3N)O[C@@H]2CO)[C@H](N)[C@@H](O)[C@@H]1O. The minimum atomic E-state index is -1.60. The fraction of sp³-hybridized carbons (Fsp3) is 1.00. The van der Waals surface area contributed by atoms with E-state index < -0.39 is 123 Å². The van der Waals surface area contributed by atoms with Crippen molar-refractivity contribution in [3.8, 4) is 0 Å². The van der Waals surface area contributed by atoms with Crippen molar-refractivity contribution >= 4 is 0 Å². The van der Waals surface area contributed by atoms with Gasteiger partial charge in [0, 0.05) is 25.2 Å². The average molecular weight is 615 g/mol. The van der Waals surface area contributed by atoms with Crippen LogP contribution in [0.3, 0.4) is 0 Å². The first kappa shape index (κ1) is 34.1. The number of rotatable bonds is 9. The summed E-state index contributed by atoms with van der Waals surface area (Å²) in [6, 6.07) is -4.18. The van der Waals surface area contributed by atoms with Gasteiger partial charge in [0.1, 0.15) is 67.1 Å². The summed E-state index contributed by atoms with van der Waals surface area (Å²) in [4.78, 5) is 0. The first-order valence-electron chi connectivity index (χ1n) is 13.9. The highest BCUT2D eigenvalue weighted by Crippen LogP contribution is 2.34. The summed E-state index contributed by atoms with van der Waals surface area (Å²) in [6.45, 7) is -0.967. The van der Waals surface area contributed by atoms with E-state index >= 15 is 0 Å². The maximum atomic E-state index is 11.1. The molecule has 0 radical (unpaired) electrons. The van der Waals surface area contributed by atoms with Crippen LogP contribution < -0.4 is 34.4 Å². The highest BCUT2D eigenvalue weighted by molar-refractivity contribution is 5.02. The van der Waals surface area contributed by atoms with Crippen LogP contribution in [0.4, 0.5) is 0 Å². The number of hydrogen-bond donors (Lipinski definition) is 13. The molecule has 1 aliphatic carbocycles. The van der Waals surface area contributed by atoms with Gasteiger partial charge in [-0.1, -0.05) is 0 Å². The molecule has 19 N–H and O–H groups in total. The lowest BCUT2D eigenvalue weighted by molar-refractivity contribution is -0.306. The summed E-state index contributed by atoms with van der Waals surface area (Å²) in [5.41, 5.74) is 35.6. The van der Waals surface area contributed by atoms with Crippen LogP contribution in [0.5, 0.6) is 0 Å². The lowest BCUT2D eigenvalue weighted by Gasteiger charge is -2.47. The molecule has 19 nitrogen and oxygen atoms in total. The van der Waals surface area contributed by atoms with Crippen molar-refractivity contribution < 1.29 is 64.2 Å². The predicted octanol–water partition coefficient (Wildman–Crippen LogP) is -8.90. The van der Waals surface area contributed by atoms with E-state index in [2.05, 4.69) is 0 Å². The standard InChI is InChI=1S/C23H46N6O13/c24-2-7-13(32)15(34)10(28)21(37-7)40-18-6(27)1-5(26)12(31)20(18)42-23-17(36)19(9(4-30)39-23)41-22-11(29)16(35)14(33)8(3-25)38-22/h5-23,30-36H,1-4,24-29H2/t5-,6+,7-,8?,9-,10-,11-,12+,13-,14-,15-,16-,17-,18-,19-,20-,21-,22?,23+/m1/s1. The largest absolute Gasteiger partial charge is 0.394 e. The van der Waals surface area contributed by atoms with Crippen molar-refractivity contribution in [3.05, 3.63) is 0 Å². The second-order valence-corrected chi connectivity index (χ2v) is 11.2. The van der Waals surface area contributed by atoms with Crippen molar-refractivity contribution in [2.75, 3.05) is 19.7 Å². The van der Waals surface area contributed by atoms with Gasteiger partial charge in [0.05, 0.1) is 24.8 Å². The van der Waals surface area contributed by atoms with E-state index in [4.69, 9.17) is 62.8 Å². The summed E-state index contributed by atoms with van der Waals surface area (Å²) in [5, 5.41) is 73.0. The summed E-state index contributed by atoms with van der Waals surface area (Å²) in [7, 11) is 0. The molecule has 3 heterocycles. The lowest BCUT2D eigenvalue weighted by atomic mass is 9.84. The molecule has 0 spiro atoms. The van der Waals surface area contributed by atoms with E-state index in [-0.39, 0.29) is 19.5 Å². The molecule has 0 aromatic rings. The molecular weight excluding hydrogens is 568 g/mol. The molecule has 19 heteroatoms. The highest BCUT2D eigenvalue weighted by Gasteiger charge is 2.54. The number of hydrogen-bond acceptors (Lipinski definition) is 19. The maximum Gasteiger partial charge on any atom is 0.187 e.